The third kappa shape index (κ3) is 4.41. The van der Waals surface area contributed by atoms with E-state index in [0.29, 0.717) is 13.0 Å². The SMILES string of the molecule is C/C=C/[C@H](CC)/C(F)=C(Cl)\C=C/Cn1cnnn1. The Morgan fingerprint density at radius 3 is 2.89 bits per heavy atom. The summed E-state index contributed by atoms with van der Waals surface area (Å²) in [5, 5.41) is 10.8. The number of allylic oxidation sites excluding steroid dienone is 6. The van der Waals surface area contributed by atoms with Gasteiger partial charge in [-0.3, -0.25) is 0 Å². The van der Waals surface area contributed by atoms with Crippen molar-refractivity contribution in [2.45, 2.75) is 26.8 Å². The molecule has 0 radical (unpaired) electrons. The smallest absolute Gasteiger partial charge is 0.138 e. The first-order valence-corrected chi connectivity index (χ1v) is 6.12. The summed E-state index contributed by atoms with van der Waals surface area (Å²) in [5.41, 5.74) is 0. The molecule has 0 aliphatic carbocycles. The highest BCUT2D eigenvalue weighted by Gasteiger charge is 2.11. The molecule has 0 N–H and O–H groups in total. The maximum absolute atomic E-state index is 13.9. The predicted octanol–water partition coefficient (Wildman–Crippen LogP) is 3.25. The summed E-state index contributed by atoms with van der Waals surface area (Å²) >= 11 is 5.90. The Morgan fingerprint density at radius 2 is 2.33 bits per heavy atom. The molecule has 1 heterocycles. The molecular weight excluding hydrogens is 255 g/mol. The Morgan fingerprint density at radius 1 is 1.56 bits per heavy atom. The van der Waals surface area contributed by atoms with E-state index in [9.17, 15) is 4.39 Å². The lowest BCUT2D eigenvalue weighted by Gasteiger charge is -2.07. The lowest BCUT2D eigenvalue weighted by molar-refractivity contribution is 0.513. The van der Waals surface area contributed by atoms with Gasteiger partial charge in [0.2, 0.25) is 0 Å². The Hall–Kier alpha value is -1.49. The molecule has 0 aromatic carbocycles. The fourth-order valence-electron chi connectivity index (χ4n) is 1.42. The van der Waals surface area contributed by atoms with Crippen LogP contribution in [0, 0.1) is 5.92 Å². The van der Waals surface area contributed by atoms with E-state index in [4.69, 9.17) is 11.6 Å². The number of tetrazole rings is 1. The Kier molecular flexibility index (Phi) is 6.28. The molecule has 0 saturated carbocycles. The van der Waals surface area contributed by atoms with Crippen molar-refractivity contribution >= 4 is 11.6 Å². The van der Waals surface area contributed by atoms with Crippen LogP contribution in [-0.2, 0) is 6.54 Å². The maximum Gasteiger partial charge on any atom is 0.138 e. The van der Waals surface area contributed by atoms with E-state index in [-0.39, 0.29) is 16.8 Å². The molecule has 98 valence electrons. The van der Waals surface area contributed by atoms with Crippen molar-refractivity contribution < 1.29 is 4.39 Å². The lowest BCUT2D eigenvalue weighted by Crippen LogP contribution is -1.97. The largest absolute Gasteiger partial charge is 0.229 e. The van der Waals surface area contributed by atoms with E-state index >= 15 is 0 Å². The van der Waals surface area contributed by atoms with Crippen molar-refractivity contribution in [2.75, 3.05) is 0 Å². The van der Waals surface area contributed by atoms with Crippen molar-refractivity contribution in [3.8, 4) is 0 Å². The van der Waals surface area contributed by atoms with E-state index < -0.39 is 0 Å². The lowest BCUT2D eigenvalue weighted by atomic mass is 10.0. The predicted molar refractivity (Wildman–Crippen MR) is 69.5 cm³/mol. The van der Waals surface area contributed by atoms with Gasteiger partial charge >= 0.3 is 0 Å². The molecular formula is C12H16ClFN4. The topological polar surface area (TPSA) is 43.6 Å². The van der Waals surface area contributed by atoms with Gasteiger partial charge in [0, 0.05) is 5.92 Å². The highest BCUT2D eigenvalue weighted by Crippen LogP contribution is 2.24. The number of hydrogen-bond donors (Lipinski definition) is 0. The normalized spacial score (nSPS) is 15.3. The molecule has 0 fully saturated rings. The molecule has 1 aromatic rings. The molecule has 1 rings (SSSR count). The van der Waals surface area contributed by atoms with Crippen LogP contribution in [0.5, 0.6) is 0 Å². The van der Waals surface area contributed by atoms with Gasteiger partial charge in [0.25, 0.3) is 0 Å². The fraction of sp³-hybridized carbons (Fsp3) is 0.417. The van der Waals surface area contributed by atoms with Crippen LogP contribution in [-0.4, -0.2) is 20.2 Å². The van der Waals surface area contributed by atoms with Crippen molar-refractivity contribution in [1.82, 2.24) is 20.2 Å². The monoisotopic (exact) mass is 270 g/mol. The van der Waals surface area contributed by atoms with E-state index in [1.54, 1.807) is 12.2 Å². The van der Waals surface area contributed by atoms with Crippen LogP contribution >= 0.6 is 11.6 Å². The van der Waals surface area contributed by atoms with E-state index in [2.05, 4.69) is 15.5 Å². The molecule has 0 aliphatic heterocycles. The number of hydrogen-bond acceptors (Lipinski definition) is 3. The average Bonchev–Trinajstić information content (AvgIpc) is 2.88. The minimum atomic E-state index is -0.315. The second-order valence-corrected chi connectivity index (χ2v) is 4.08. The minimum Gasteiger partial charge on any atom is -0.229 e. The first-order chi connectivity index (χ1) is 8.69. The number of halogens is 2. The average molecular weight is 271 g/mol. The van der Waals surface area contributed by atoms with Gasteiger partial charge in [-0.1, -0.05) is 36.8 Å². The van der Waals surface area contributed by atoms with Gasteiger partial charge in [0.15, 0.2) is 0 Å². The zero-order valence-corrected chi connectivity index (χ0v) is 11.2. The molecule has 0 amide bonds. The molecule has 4 nitrogen and oxygen atoms in total. The molecule has 0 unspecified atom stereocenters. The first kappa shape index (κ1) is 14.6. The van der Waals surface area contributed by atoms with E-state index in [1.807, 2.05) is 19.9 Å². The standard InChI is InChI=1S/C12H16ClFN4/c1-3-6-10(4-2)12(14)11(13)7-5-8-18-9-15-16-17-18/h3,5-7,9-10H,4,8H2,1-2H3/b6-3+,7-5-,12-11-/t10-/m0/s1. The zero-order chi connectivity index (χ0) is 13.4. The quantitative estimate of drug-likeness (QED) is 0.589. The highest BCUT2D eigenvalue weighted by atomic mass is 35.5. The second-order valence-electron chi connectivity index (χ2n) is 3.67. The molecule has 18 heavy (non-hydrogen) atoms. The minimum absolute atomic E-state index is 0.119. The van der Waals surface area contributed by atoms with E-state index in [0.717, 1.165) is 0 Å². The van der Waals surface area contributed by atoms with Gasteiger partial charge in [-0.25, -0.2) is 9.07 Å². The van der Waals surface area contributed by atoms with Crippen molar-refractivity contribution in [1.29, 1.82) is 0 Å². The Bertz CT molecular complexity index is 437. The summed E-state index contributed by atoms with van der Waals surface area (Å²) in [7, 11) is 0. The van der Waals surface area contributed by atoms with Crippen LogP contribution in [0.2, 0.25) is 0 Å². The molecule has 0 saturated heterocycles. The highest BCUT2D eigenvalue weighted by molar-refractivity contribution is 6.31. The second kappa shape index (κ2) is 7.76. The van der Waals surface area contributed by atoms with Gasteiger partial charge in [0.1, 0.15) is 12.2 Å². The van der Waals surface area contributed by atoms with Gasteiger partial charge in [-0.15, -0.1) is 5.10 Å². The molecule has 0 aliphatic rings. The summed E-state index contributed by atoms with van der Waals surface area (Å²) < 4.78 is 15.4. The summed E-state index contributed by atoms with van der Waals surface area (Å²) in [5.74, 6) is -0.578. The molecule has 6 heteroatoms. The van der Waals surface area contributed by atoms with Crippen LogP contribution in [0.1, 0.15) is 20.3 Å². The van der Waals surface area contributed by atoms with Gasteiger partial charge in [-0.05, 0) is 29.8 Å². The number of nitrogens with zero attached hydrogens (tertiary/aromatic N) is 4. The third-order valence-corrected chi connectivity index (χ3v) is 2.67. The zero-order valence-electron chi connectivity index (χ0n) is 10.4. The number of aromatic nitrogens is 4. The van der Waals surface area contributed by atoms with Crippen LogP contribution in [0.3, 0.4) is 0 Å². The van der Waals surface area contributed by atoms with Crippen molar-refractivity contribution in [2.24, 2.45) is 5.92 Å². The first-order valence-electron chi connectivity index (χ1n) is 5.74. The summed E-state index contributed by atoms with van der Waals surface area (Å²) in [6.07, 6.45) is 9.02. The molecule has 1 aromatic heterocycles. The summed E-state index contributed by atoms with van der Waals surface area (Å²) in [4.78, 5) is 0. The van der Waals surface area contributed by atoms with Crippen LogP contribution in [0.4, 0.5) is 4.39 Å². The summed E-state index contributed by atoms with van der Waals surface area (Å²) in [6.45, 7) is 4.23. The van der Waals surface area contributed by atoms with Crippen molar-refractivity contribution in [3.63, 3.8) is 0 Å². The Labute approximate surface area is 111 Å². The molecule has 0 spiro atoms. The van der Waals surface area contributed by atoms with Crippen LogP contribution in [0.15, 0.2) is 41.5 Å². The third-order valence-electron chi connectivity index (χ3n) is 2.37. The Balaban J connectivity index is 2.66. The van der Waals surface area contributed by atoms with Crippen LogP contribution < -0.4 is 0 Å². The molecule has 1 atom stereocenters. The maximum atomic E-state index is 13.9. The van der Waals surface area contributed by atoms with Gasteiger partial charge in [0.05, 0.1) is 11.6 Å². The van der Waals surface area contributed by atoms with Crippen molar-refractivity contribution in [3.05, 3.63) is 41.5 Å². The van der Waals surface area contributed by atoms with Gasteiger partial charge in [-0.2, -0.15) is 0 Å². The molecule has 0 bridgehead atoms. The van der Waals surface area contributed by atoms with E-state index in [1.165, 1.54) is 17.1 Å². The fourth-order valence-corrected chi connectivity index (χ4v) is 1.65. The summed E-state index contributed by atoms with van der Waals surface area (Å²) in [6, 6.07) is 0. The van der Waals surface area contributed by atoms with Gasteiger partial charge < -0.3 is 0 Å². The van der Waals surface area contributed by atoms with Crippen LogP contribution in [0.25, 0.3) is 0 Å². The number of rotatable bonds is 6.